The molecule has 0 radical (unpaired) electrons. The molecular formula is C13H21N3O5. The van der Waals surface area contributed by atoms with Crippen molar-refractivity contribution in [2.75, 3.05) is 13.1 Å². The van der Waals surface area contributed by atoms with E-state index in [0.29, 0.717) is 13.1 Å². The fourth-order valence-electron chi connectivity index (χ4n) is 2.10. The Labute approximate surface area is 122 Å². The van der Waals surface area contributed by atoms with Gasteiger partial charge in [0.25, 0.3) is 0 Å². The molecule has 0 bridgehead atoms. The molecule has 1 aliphatic heterocycles. The number of nitrogens with one attached hydrogen (secondary N) is 2. The quantitative estimate of drug-likeness (QED) is 0.642. The van der Waals surface area contributed by atoms with Gasteiger partial charge in [-0.2, -0.15) is 0 Å². The van der Waals surface area contributed by atoms with E-state index < -0.39 is 23.9 Å². The number of aliphatic carboxylic acids is 1. The van der Waals surface area contributed by atoms with Gasteiger partial charge < -0.3 is 15.3 Å². The lowest BCUT2D eigenvalue weighted by Crippen LogP contribution is -2.50. The molecule has 1 atom stereocenters. The Morgan fingerprint density at radius 2 is 1.76 bits per heavy atom. The third-order valence-electron chi connectivity index (χ3n) is 3.18. The molecule has 1 aliphatic rings. The molecule has 0 aliphatic carbocycles. The van der Waals surface area contributed by atoms with E-state index in [2.05, 4.69) is 10.6 Å². The Morgan fingerprint density at radius 3 is 2.33 bits per heavy atom. The van der Waals surface area contributed by atoms with Crippen LogP contribution in [0.5, 0.6) is 0 Å². The highest BCUT2D eigenvalue weighted by atomic mass is 16.4. The zero-order valence-corrected chi connectivity index (χ0v) is 12.1. The Kier molecular flexibility index (Phi) is 6.64. The molecule has 0 spiro atoms. The minimum absolute atomic E-state index is 0.0474. The maximum absolute atomic E-state index is 11.9. The van der Waals surface area contributed by atoms with Gasteiger partial charge in [0.2, 0.25) is 11.8 Å². The maximum atomic E-state index is 11.9. The second-order valence-corrected chi connectivity index (χ2v) is 5.02. The molecule has 0 aromatic heterocycles. The van der Waals surface area contributed by atoms with Crippen molar-refractivity contribution in [2.45, 2.75) is 45.1 Å². The smallest absolute Gasteiger partial charge is 0.322 e. The van der Waals surface area contributed by atoms with E-state index in [0.717, 1.165) is 12.8 Å². The predicted octanol–water partition coefficient (Wildman–Crippen LogP) is 0.0780. The number of rotatable bonds is 6. The Bertz CT molecular complexity index is 418. The first-order valence-electron chi connectivity index (χ1n) is 7.01. The monoisotopic (exact) mass is 299 g/mol. The van der Waals surface area contributed by atoms with Crippen molar-refractivity contribution < 1.29 is 24.3 Å². The molecule has 0 saturated carbocycles. The van der Waals surface area contributed by atoms with Crippen LogP contribution >= 0.6 is 0 Å². The van der Waals surface area contributed by atoms with Crippen molar-refractivity contribution in [1.82, 2.24) is 15.5 Å². The summed E-state index contributed by atoms with van der Waals surface area (Å²) in [5, 5.41) is 12.9. The van der Waals surface area contributed by atoms with E-state index in [1.165, 1.54) is 0 Å². The summed E-state index contributed by atoms with van der Waals surface area (Å²) in [6, 6.07) is -1.44. The summed E-state index contributed by atoms with van der Waals surface area (Å²) in [5.74, 6) is -1.72. The van der Waals surface area contributed by atoms with Gasteiger partial charge in [0, 0.05) is 25.9 Å². The van der Waals surface area contributed by atoms with Crippen molar-refractivity contribution in [3.8, 4) is 0 Å². The number of carbonyl (C=O) groups is 4. The summed E-state index contributed by atoms with van der Waals surface area (Å²) in [7, 11) is 0. The number of hydrogen-bond donors (Lipinski definition) is 3. The molecule has 0 aromatic rings. The molecule has 3 N–H and O–H groups in total. The van der Waals surface area contributed by atoms with Gasteiger partial charge in [0.15, 0.2) is 0 Å². The maximum Gasteiger partial charge on any atom is 0.322 e. The minimum Gasteiger partial charge on any atom is -0.481 e. The van der Waals surface area contributed by atoms with E-state index in [1.807, 2.05) is 0 Å². The summed E-state index contributed by atoms with van der Waals surface area (Å²) in [6.07, 6.45) is 1.92. The van der Waals surface area contributed by atoms with Gasteiger partial charge in [-0.3, -0.25) is 19.7 Å². The van der Waals surface area contributed by atoms with Crippen LogP contribution < -0.4 is 10.6 Å². The molecule has 8 heteroatoms. The molecule has 1 fully saturated rings. The lowest BCUT2D eigenvalue weighted by molar-refractivity contribution is -0.137. The molecule has 1 heterocycles. The highest BCUT2D eigenvalue weighted by Crippen LogP contribution is 2.08. The summed E-state index contributed by atoms with van der Waals surface area (Å²) >= 11 is 0. The van der Waals surface area contributed by atoms with Crippen molar-refractivity contribution >= 4 is 23.8 Å². The predicted molar refractivity (Wildman–Crippen MR) is 73.4 cm³/mol. The van der Waals surface area contributed by atoms with E-state index in [9.17, 15) is 19.2 Å². The summed E-state index contributed by atoms with van der Waals surface area (Å²) < 4.78 is 0. The number of carbonyl (C=O) groups excluding carboxylic acids is 3. The van der Waals surface area contributed by atoms with Crippen molar-refractivity contribution in [3.63, 3.8) is 0 Å². The summed E-state index contributed by atoms with van der Waals surface area (Å²) in [5.41, 5.74) is 0. The first-order valence-corrected chi connectivity index (χ1v) is 7.01. The highest BCUT2D eigenvalue weighted by molar-refractivity contribution is 5.96. The highest BCUT2D eigenvalue weighted by Gasteiger charge is 2.24. The number of likely N-dealkylation sites (tertiary alicyclic amines) is 1. The lowest BCUT2D eigenvalue weighted by atomic mass is 10.2. The van der Waals surface area contributed by atoms with Gasteiger partial charge >= 0.3 is 12.0 Å². The summed E-state index contributed by atoms with van der Waals surface area (Å²) in [4.78, 5) is 46.9. The van der Waals surface area contributed by atoms with Gasteiger partial charge in [0.05, 0.1) is 0 Å². The van der Waals surface area contributed by atoms with Crippen LogP contribution in [-0.2, 0) is 14.4 Å². The largest absolute Gasteiger partial charge is 0.481 e. The van der Waals surface area contributed by atoms with Crippen LogP contribution in [0.4, 0.5) is 4.79 Å². The summed E-state index contributed by atoms with van der Waals surface area (Å²) in [6.45, 7) is 2.95. The van der Waals surface area contributed by atoms with Gasteiger partial charge in [0.1, 0.15) is 6.04 Å². The van der Waals surface area contributed by atoms with Gasteiger partial charge in [-0.25, -0.2) is 4.79 Å². The number of hydrogen-bond acceptors (Lipinski definition) is 4. The third-order valence-corrected chi connectivity index (χ3v) is 3.18. The molecule has 21 heavy (non-hydrogen) atoms. The van der Waals surface area contributed by atoms with E-state index >= 15 is 0 Å². The van der Waals surface area contributed by atoms with Gasteiger partial charge in [-0.05, 0) is 26.2 Å². The minimum atomic E-state index is -0.989. The molecule has 0 aromatic carbocycles. The number of nitrogens with zero attached hydrogens (tertiary/aromatic N) is 1. The molecular weight excluding hydrogens is 278 g/mol. The van der Waals surface area contributed by atoms with Crippen LogP contribution in [-0.4, -0.2) is 53.0 Å². The molecule has 8 nitrogen and oxygen atoms in total. The van der Waals surface area contributed by atoms with Crippen LogP contribution in [0.25, 0.3) is 0 Å². The van der Waals surface area contributed by atoms with Crippen molar-refractivity contribution in [1.29, 1.82) is 0 Å². The molecule has 118 valence electrons. The second kappa shape index (κ2) is 8.23. The fraction of sp³-hybridized carbons (Fsp3) is 0.692. The number of carboxylic acid groups (broad SMARTS) is 1. The zero-order chi connectivity index (χ0) is 15.8. The van der Waals surface area contributed by atoms with Crippen LogP contribution in [0.3, 0.4) is 0 Å². The van der Waals surface area contributed by atoms with Crippen molar-refractivity contribution in [3.05, 3.63) is 0 Å². The van der Waals surface area contributed by atoms with Crippen LogP contribution in [0, 0.1) is 0 Å². The second-order valence-electron chi connectivity index (χ2n) is 5.02. The standard InChI is InChI=1S/C13H21N3O5/c1-9(12(20)16-7-2-3-8-16)14-13(21)15-10(17)5-4-6-11(18)19/h9H,2-8H2,1H3,(H,18,19)(H2,14,15,17,21). The Hall–Kier alpha value is -2.12. The van der Waals surface area contributed by atoms with E-state index in [1.54, 1.807) is 11.8 Å². The Balaban J connectivity index is 2.26. The van der Waals surface area contributed by atoms with Crippen LogP contribution in [0.15, 0.2) is 0 Å². The van der Waals surface area contributed by atoms with Crippen LogP contribution in [0.1, 0.15) is 39.0 Å². The fourth-order valence-corrected chi connectivity index (χ4v) is 2.10. The SMILES string of the molecule is CC(NC(=O)NC(=O)CCCC(=O)O)C(=O)N1CCCC1. The first kappa shape index (κ1) is 16.9. The molecule has 4 amide bonds. The normalized spacial score (nSPS) is 15.4. The van der Waals surface area contributed by atoms with E-state index in [-0.39, 0.29) is 25.2 Å². The average Bonchev–Trinajstić information content (AvgIpc) is 2.90. The molecule has 1 saturated heterocycles. The Morgan fingerprint density at radius 1 is 1.14 bits per heavy atom. The molecule has 1 unspecified atom stereocenters. The lowest BCUT2D eigenvalue weighted by Gasteiger charge is -2.21. The number of urea groups is 1. The average molecular weight is 299 g/mol. The number of imide groups is 1. The van der Waals surface area contributed by atoms with Crippen LogP contribution in [0.2, 0.25) is 0 Å². The van der Waals surface area contributed by atoms with Gasteiger partial charge in [-0.1, -0.05) is 0 Å². The number of carboxylic acids is 1. The van der Waals surface area contributed by atoms with Gasteiger partial charge in [-0.15, -0.1) is 0 Å². The first-order chi connectivity index (χ1) is 9.90. The van der Waals surface area contributed by atoms with Crippen molar-refractivity contribution in [2.24, 2.45) is 0 Å². The number of amides is 4. The zero-order valence-electron chi connectivity index (χ0n) is 12.1. The third kappa shape index (κ3) is 6.24. The van der Waals surface area contributed by atoms with E-state index in [4.69, 9.17) is 5.11 Å². The molecule has 1 rings (SSSR count). The topological polar surface area (TPSA) is 116 Å².